The molecule has 144 valence electrons. The van der Waals surface area contributed by atoms with Crippen LogP contribution in [-0.2, 0) is 19.1 Å². The fraction of sp³-hybridized carbons (Fsp3) is 0.714. The number of ether oxygens (including phenoxy) is 2. The van der Waals surface area contributed by atoms with E-state index in [1.54, 1.807) is 13.8 Å². The number of carbonyl (C=O) groups excluding carboxylic acids is 2. The van der Waals surface area contributed by atoms with Crippen molar-refractivity contribution in [1.82, 2.24) is 0 Å². The highest BCUT2D eigenvalue weighted by molar-refractivity contribution is 5.91. The van der Waals surface area contributed by atoms with Gasteiger partial charge in [-0.15, -0.1) is 0 Å². The van der Waals surface area contributed by atoms with Crippen LogP contribution in [0.3, 0.4) is 0 Å². The summed E-state index contributed by atoms with van der Waals surface area (Å²) < 4.78 is 10.0. The summed E-state index contributed by atoms with van der Waals surface area (Å²) in [5, 5.41) is 0. The van der Waals surface area contributed by atoms with Crippen LogP contribution in [0.2, 0.25) is 0 Å². The van der Waals surface area contributed by atoms with Gasteiger partial charge in [-0.3, -0.25) is 0 Å². The largest absolute Gasteiger partial charge is 0.466 e. The molecule has 4 heteroatoms. The van der Waals surface area contributed by atoms with Crippen LogP contribution in [0.5, 0.6) is 0 Å². The molecular formula is C21H36O4. The molecule has 4 nitrogen and oxygen atoms in total. The van der Waals surface area contributed by atoms with Crippen molar-refractivity contribution in [3.63, 3.8) is 0 Å². The van der Waals surface area contributed by atoms with Crippen LogP contribution in [0.15, 0.2) is 23.5 Å². The second kappa shape index (κ2) is 14.7. The zero-order chi connectivity index (χ0) is 19.1. The quantitative estimate of drug-likeness (QED) is 0.170. The summed E-state index contributed by atoms with van der Waals surface area (Å²) in [6.07, 6.45) is 12.9. The molecule has 0 unspecified atom stereocenters. The lowest BCUT2D eigenvalue weighted by Crippen LogP contribution is -2.11. The Hall–Kier alpha value is -1.58. The van der Waals surface area contributed by atoms with E-state index in [0.717, 1.165) is 12.8 Å². The summed E-state index contributed by atoms with van der Waals surface area (Å²) in [4.78, 5) is 23.4. The smallest absolute Gasteiger partial charge is 0.338 e. The van der Waals surface area contributed by atoms with Gasteiger partial charge in [-0.2, -0.15) is 0 Å². The number of hydrogen-bond donors (Lipinski definition) is 0. The zero-order valence-corrected chi connectivity index (χ0v) is 16.6. The highest BCUT2D eigenvalue weighted by atomic mass is 16.5. The van der Waals surface area contributed by atoms with Crippen LogP contribution in [0.4, 0.5) is 0 Å². The Labute approximate surface area is 153 Å². The Morgan fingerprint density at radius 2 is 1.28 bits per heavy atom. The molecule has 0 spiro atoms. The van der Waals surface area contributed by atoms with Gasteiger partial charge in [-0.05, 0) is 20.3 Å². The number of allylic oxidation sites excluding steroid dienone is 1. The molecule has 25 heavy (non-hydrogen) atoms. The van der Waals surface area contributed by atoms with Gasteiger partial charge in [0, 0.05) is 12.0 Å². The van der Waals surface area contributed by atoms with Crippen molar-refractivity contribution < 1.29 is 19.1 Å². The summed E-state index contributed by atoms with van der Waals surface area (Å²) >= 11 is 0. The number of hydrogen-bond acceptors (Lipinski definition) is 4. The van der Waals surface area contributed by atoms with Crippen LogP contribution in [0, 0.1) is 0 Å². The third kappa shape index (κ3) is 11.6. The number of carbonyl (C=O) groups is 2. The summed E-state index contributed by atoms with van der Waals surface area (Å²) in [5.41, 5.74) is 0.672. The first kappa shape index (κ1) is 23.4. The van der Waals surface area contributed by atoms with Crippen molar-refractivity contribution in [2.45, 2.75) is 91.4 Å². The van der Waals surface area contributed by atoms with Gasteiger partial charge in [0.05, 0.1) is 12.7 Å². The van der Waals surface area contributed by atoms with E-state index in [1.807, 2.05) is 0 Å². The second-order valence-electron chi connectivity index (χ2n) is 6.64. The van der Waals surface area contributed by atoms with Crippen molar-refractivity contribution in [1.29, 1.82) is 0 Å². The molecular weight excluding hydrogens is 316 g/mol. The number of unbranched alkanes of at least 4 members (excludes halogenated alkanes) is 9. The molecule has 0 saturated heterocycles. The molecule has 0 aromatic carbocycles. The van der Waals surface area contributed by atoms with Crippen LogP contribution < -0.4 is 0 Å². The Morgan fingerprint density at radius 3 is 1.72 bits per heavy atom. The molecule has 0 aliphatic rings. The van der Waals surface area contributed by atoms with E-state index < -0.39 is 11.9 Å². The van der Waals surface area contributed by atoms with Crippen molar-refractivity contribution in [3.8, 4) is 0 Å². The molecule has 0 rings (SSSR count). The molecule has 0 bridgehead atoms. The zero-order valence-electron chi connectivity index (χ0n) is 16.6. The van der Waals surface area contributed by atoms with Gasteiger partial charge in [-0.1, -0.05) is 71.3 Å². The molecule has 0 heterocycles. The molecule has 0 N–H and O–H groups in total. The maximum absolute atomic E-state index is 11.7. The van der Waals surface area contributed by atoms with Gasteiger partial charge >= 0.3 is 11.9 Å². The topological polar surface area (TPSA) is 52.6 Å². The Morgan fingerprint density at radius 1 is 0.800 bits per heavy atom. The van der Waals surface area contributed by atoms with E-state index in [0.29, 0.717) is 23.3 Å². The van der Waals surface area contributed by atoms with Crippen LogP contribution in [0.25, 0.3) is 0 Å². The lowest BCUT2D eigenvalue weighted by molar-refractivity contribution is -0.137. The predicted molar refractivity (Wildman–Crippen MR) is 102 cm³/mol. The standard InChI is InChI=1S/C21H36O4/c1-6-7-8-9-10-11-12-13-14-15-16-19(18(4)21(23)24-5)25-20(22)17(2)3/h2,6-16H2,1,3-5H3/b19-18-. The monoisotopic (exact) mass is 352 g/mol. The van der Waals surface area contributed by atoms with E-state index in [2.05, 4.69) is 13.5 Å². The second-order valence-corrected chi connectivity index (χ2v) is 6.64. The number of esters is 2. The molecule has 0 saturated carbocycles. The molecule has 0 aromatic rings. The SMILES string of the molecule is C=C(C)C(=O)O/C(CCCCCCCCCCCC)=C(/C)C(=O)OC. The van der Waals surface area contributed by atoms with Gasteiger partial charge in [-0.25, -0.2) is 9.59 Å². The van der Waals surface area contributed by atoms with Crippen molar-refractivity contribution in [3.05, 3.63) is 23.5 Å². The van der Waals surface area contributed by atoms with Crippen molar-refractivity contribution in [2.24, 2.45) is 0 Å². The third-order valence-corrected chi connectivity index (χ3v) is 4.23. The minimum absolute atomic E-state index is 0.318. The highest BCUT2D eigenvalue weighted by Gasteiger charge is 2.16. The van der Waals surface area contributed by atoms with E-state index in [9.17, 15) is 9.59 Å². The fourth-order valence-corrected chi connectivity index (χ4v) is 2.55. The minimum atomic E-state index is -0.495. The van der Waals surface area contributed by atoms with Gasteiger partial charge in [0.1, 0.15) is 5.76 Å². The maximum Gasteiger partial charge on any atom is 0.338 e. The molecule has 0 radical (unpaired) electrons. The van der Waals surface area contributed by atoms with Gasteiger partial charge in [0.15, 0.2) is 0 Å². The third-order valence-electron chi connectivity index (χ3n) is 4.23. The average Bonchev–Trinajstić information content (AvgIpc) is 2.60. The molecule has 0 aliphatic carbocycles. The van der Waals surface area contributed by atoms with E-state index in [4.69, 9.17) is 9.47 Å². The maximum atomic E-state index is 11.7. The van der Waals surface area contributed by atoms with Crippen molar-refractivity contribution in [2.75, 3.05) is 7.11 Å². The summed E-state index contributed by atoms with van der Waals surface area (Å²) in [6.45, 7) is 9.03. The summed E-state index contributed by atoms with van der Waals surface area (Å²) in [6, 6.07) is 0. The number of methoxy groups -OCH3 is 1. The highest BCUT2D eigenvalue weighted by Crippen LogP contribution is 2.19. The average molecular weight is 353 g/mol. The van der Waals surface area contributed by atoms with Crippen molar-refractivity contribution >= 4 is 11.9 Å². The number of rotatable bonds is 14. The lowest BCUT2D eigenvalue weighted by Gasteiger charge is -2.12. The minimum Gasteiger partial charge on any atom is -0.466 e. The fourth-order valence-electron chi connectivity index (χ4n) is 2.55. The molecule has 0 aromatic heterocycles. The van der Waals surface area contributed by atoms with E-state index in [-0.39, 0.29) is 0 Å². The first-order valence-electron chi connectivity index (χ1n) is 9.59. The van der Waals surface area contributed by atoms with Gasteiger partial charge in [0.2, 0.25) is 0 Å². The van der Waals surface area contributed by atoms with Gasteiger partial charge in [0.25, 0.3) is 0 Å². The Kier molecular flexibility index (Phi) is 13.8. The molecule has 0 atom stereocenters. The Balaban J connectivity index is 4.17. The molecule has 0 aliphatic heterocycles. The predicted octanol–water partition coefficient (Wildman–Crippen LogP) is 5.86. The first-order valence-corrected chi connectivity index (χ1v) is 9.59. The van der Waals surface area contributed by atoms with E-state index in [1.165, 1.54) is 58.5 Å². The Bertz CT molecular complexity index is 449. The van der Waals surface area contributed by atoms with Gasteiger partial charge < -0.3 is 9.47 Å². The van der Waals surface area contributed by atoms with Crippen LogP contribution in [-0.4, -0.2) is 19.0 Å². The molecule has 0 fully saturated rings. The summed E-state index contributed by atoms with van der Waals surface area (Å²) in [7, 11) is 1.32. The normalized spacial score (nSPS) is 11.7. The van der Waals surface area contributed by atoms with E-state index >= 15 is 0 Å². The van der Waals surface area contributed by atoms with Crippen LogP contribution in [0.1, 0.15) is 91.4 Å². The first-order chi connectivity index (χ1) is 11.9. The summed E-state index contributed by atoms with van der Waals surface area (Å²) in [5.74, 6) is -0.554. The molecule has 0 amide bonds. The lowest BCUT2D eigenvalue weighted by atomic mass is 10.0. The van der Waals surface area contributed by atoms with Crippen LogP contribution >= 0.6 is 0 Å².